The standard InChI is InChI=1S/C17H23N3S/c1-17(2)12-20(9-8-15-11-21-13-18-15)16(10-19-17)14-6-4-3-5-7-14/h3-7,11,13,16,19H,8-10,12H2,1-2H3. The van der Waals surface area contributed by atoms with Gasteiger partial charge in [-0.3, -0.25) is 4.90 Å². The molecular formula is C17H23N3S. The molecule has 1 aliphatic rings. The molecule has 0 saturated carbocycles. The maximum absolute atomic E-state index is 4.41. The van der Waals surface area contributed by atoms with Crippen LogP contribution in [0, 0.1) is 0 Å². The number of hydrogen-bond acceptors (Lipinski definition) is 4. The van der Waals surface area contributed by atoms with E-state index in [9.17, 15) is 0 Å². The normalized spacial score (nSPS) is 22.3. The Morgan fingerprint density at radius 2 is 2.14 bits per heavy atom. The maximum Gasteiger partial charge on any atom is 0.0794 e. The summed E-state index contributed by atoms with van der Waals surface area (Å²) in [5.41, 5.74) is 4.71. The van der Waals surface area contributed by atoms with E-state index in [0.29, 0.717) is 6.04 Å². The highest BCUT2D eigenvalue weighted by atomic mass is 32.1. The maximum atomic E-state index is 4.41. The van der Waals surface area contributed by atoms with E-state index < -0.39 is 0 Å². The van der Waals surface area contributed by atoms with Crippen molar-refractivity contribution in [1.82, 2.24) is 15.2 Å². The van der Waals surface area contributed by atoms with Gasteiger partial charge in [-0.25, -0.2) is 4.98 Å². The average Bonchev–Trinajstić information content (AvgIpc) is 2.98. The van der Waals surface area contributed by atoms with Crippen LogP contribution in [0.25, 0.3) is 0 Å². The molecule has 1 saturated heterocycles. The zero-order valence-corrected chi connectivity index (χ0v) is 13.6. The minimum absolute atomic E-state index is 0.174. The molecule has 21 heavy (non-hydrogen) atoms. The smallest absolute Gasteiger partial charge is 0.0794 e. The van der Waals surface area contributed by atoms with Crippen molar-refractivity contribution in [2.24, 2.45) is 0 Å². The summed E-state index contributed by atoms with van der Waals surface area (Å²) < 4.78 is 0. The fourth-order valence-corrected chi connectivity index (χ4v) is 3.63. The summed E-state index contributed by atoms with van der Waals surface area (Å²) in [6.45, 7) is 7.70. The number of nitrogens with one attached hydrogen (secondary N) is 1. The first-order valence-electron chi connectivity index (χ1n) is 7.55. The molecule has 1 fully saturated rings. The van der Waals surface area contributed by atoms with Crippen molar-refractivity contribution in [1.29, 1.82) is 0 Å². The molecule has 1 N–H and O–H groups in total. The Kier molecular flexibility index (Phi) is 4.38. The zero-order chi connectivity index (χ0) is 14.7. The van der Waals surface area contributed by atoms with E-state index in [1.807, 2.05) is 5.51 Å². The third-order valence-electron chi connectivity index (χ3n) is 4.14. The number of benzene rings is 1. The zero-order valence-electron chi connectivity index (χ0n) is 12.7. The summed E-state index contributed by atoms with van der Waals surface area (Å²) in [6.07, 6.45) is 1.03. The highest BCUT2D eigenvalue weighted by Crippen LogP contribution is 2.27. The summed E-state index contributed by atoms with van der Waals surface area (Å²) in [5, 5.41) is 5.83. The van der Waals surface area contributed by atoms with Gasteiger partial charge in [0.2, 0.25) is 0 Å². The van der Waals surface area contributed by atoms with E-state index in [4.69, 9.17) is 0 Å². The van der Waals surface area contributed by atoms with Crippen molar-refractivity contribution < 1.29 is 0 Å². The van der Waals surface area contributed by atoms with Crippen molar-refractivity contribution >= 4 is 11.3 Å². The lowest BCUT2D eigenvalue weighted by Gasteiger charge is -2.45. The van der Waals surface area contributed by atoms with Gasteiger partial charge >= 0.3 is 0 Å². The van der Waals surface area contributed by atoms with Crippen molar-refractivity contribution in [3.05, 3.63) is 52.5 Å². The fourth-order valence-electron chi connectivity index (χ4n) is 3.03. The second-order valence-corrected chi connectivity index (χ2v) is 7.11. The molecule has 1 aromatic carbocycles. The molecule has 3 rings (SSSR count). The Bertz CT molecular complexity index is 551. The minimum atomic E-state index is 0.174. The third kappa shape index (κ3) is 3.70. The van der Waals surface area contributed by atoms with Gasteiger partial charge in [-0.15, -0.1) is 11.3 Å². The van der Waals surface area contributed by atoms with E-state index in [0.717, 1.165) is 26.1 Å². The molecule has 1 unspecified atom stereocenters. The predicted molar refractivity (Wildman–Crippen MR) is 88.7 cm³/mol. The van der Waals surface area contributed by atoms with Gasteiger partial charge in [0, 0.05) is 43.0 Å². The van der Waals surface area contributed by atoms with Crippen LogP contribution in [-0.4, -0.2) is 35.1 Å². The van der Waals surface area contributed by atoms with Crippen molar-refractivity contribution in [3.63, 3.8) is 0 Å². The van der Waals surface area contributed by atoms with E-state index in [1.165, 1.54) is 11.3 Å². The van der Waals surface area contributed by atoms with Crippen LogP contribution in [0.1, 0.15) is 31.1 Å². The lowest BCUT2D eigenvalue weighted by molar-refractivity contribution is 0.0961. The molecule has 3 nitrogen and oxygen atoms in total. The van der Waals surface area contributed by atoms with E-state index in [1.54, 1.807) is 11.3 Å². The summed E-state index contributed by atoms with van der Waals surface area (Å²) in [6, 6.07) is 11.3. The summed E-state index contributed by atoms with van der Waals surface area (Å²) in [4.78, 5) is 7.01. The molecule has 2 heterocycles. The molecule has 1 atom stereocenters. The number of nitrogens with zero attached hydrogens (tertiary/aromatic N) is 2. The topological polar surface area (TPSA) is 28.2 Å². The average molecular weight is 301 g/mol. The van der Waals surface area contributed by atoms with E-state index in [2.05, 4.69) is 64.8 Å². The van der Waals surface area contributed by atoms with Crippen molar-refractivity contribution in [2.75, 3.05) is 19.6 Å². The monoisotopic (exact) mass is 301 g/mol. The molecular weight excluding hydrogens is 278 g/mol. The van der Waals surface area contributed by atoms with Gasteiger partial charge in [0.1, 0.15) is 0 Å². The van der Waals surface area contributed by atoms with Gasteiger partial charge in [-0.05, 0) is 19.4 Å². The quantitative estimate of drug-likeness (QED) is 0.940. The number of piperazine rings is 1. The first-order chi connectivity index (χ1) is 10.1. The van der Waals surface area contributed by atoms with Gasteiger partial charge in [0.25, 0.3) is 0 Å². The summed E-state index contributed by atoms with van der Waals surface area (Å²) >= 11 is 1.68. The second kappa shape index (κ2) is 6.26. The Morgan fingerprint density at radius 3 is 2.86 bits per heavy atom. The van der Waals surface area contributed by atoms with Gasteiger partial charge in [0.05, 0.1) is 11.2 Å². The fraction of sp³-hybridized carbons (Fsp3) is 0.471. The Balaban J connectivity index is 1.74. The number of hydrogen-bond donors (Lipinski definition) is 1. The number of rotatable bonds is 4. The number of thiazole rings is 1. The van der Waals surface area contributed by atoms with Crippen LogP contribution in [0.15, 0.2) is 41.2 Å². The van der Waals surface area contributed by atoms with Crippen LogP contribution in [0.2, 0.25) is 0 Å². The van der Waals surface area contributed by atoms with Gasteiger partial charge in [-0.2, -0.15) is 0 Å². The molecule has 0 amide bonds. The largest absolute Gasteiger partial charge is 0.309 e. The van der Waals surface area contributed by atoms with Crippen LogP contribution in [0.4, 0.5) is 0 Å². The SMILES string of the molecule is CC1(C)CN(CCc2cscn2)C(c2ccccc2)CN1. The van der Waals surface area contributed by atoms with Crippen LogP contribution < -0.4 is 5.32 Å². The molecule has 0 radical (unpaired) electrons. The van der Waals surface area contributed by atoms with Crippen molar-refractivity contribution in [3.8, 4) is 0 Å². The van der Waals surface area contributed by atoms with Gasteiger partial charge in [-0.1, -0.05) is 30.3 Å². The highest BCUT2D eigenvalue weighted by Gasteiger charge is 2.32. The molecule has 4 heteroatoms. The van der Waals surface area contributed by atoms with E-state index in [-0.39, 0.29) is 5.54 Å². The van der Waals surface area contributed by atoms with Crippen LogP contribution >= 0.6 is 11.3 Å². The summed E-state index contributed by atoms with van der Waals surface area (Å²) in [7, 11) is 0. The lowest BCUT2D eigenvalue weighted by Crippen LogP contribution is -2.58. The molecule has 0 aliphatic carbocycles. The first-order valence-corrected chi connectivity index (χ1v) is 8.49. The van der Waals surface area contributed by atoms with Gasteiger partial charge < -0.3 is 5.32 Å². The first kappa shape index (κ1) is 14.7. The van der Waals surface area contributed by atoms with E-state index >= 15 is 0 Å². The second-order valence-electron chi connectivity index (χ2n) is 6.39. The van der Waals surface area contributed by atoms with Crippen LogP contribution in [0.3, 0.4) is 0 Å². The molecule has 0 bridgehead atoms. The molecule has 0 spiro atoms. The van der Waals surface area contributed by atoms with Crippen LogP contribution in [0.5, 0.6) is 0 Å². The minimum Gasteiger partial charge on any atom is -0.309 e. The third-order valence-corrected chi connectivity index (χ3v) is 4.77. The predicted octanol–water partition coefficient (Wildman–Crippen LogP) is 3.11. The Labute approximate surface area is 131 Å². The van der Waals surface area contributed by atoms with Crippen molar-refractivity contribution in [2.45, 2.75) is 31.8 Å². The molecule has 1 aromatic heterocycles. The lowest BCUT2D eigenvalue weighted by atomic mass is 9.94. The molecule has 2 aromatic rings. The van der Waals surface area contributed by atoms with Crippen LogP contribution in [-0.2, 0) is 6.42 Å². The molecule has 112 valence electrons. The number of aromatic nitrogens is 1. The molecule has 1 aliphatic heterocycles. The van der Waals surface area contributed by atoms with Gasteiger partial charge in [0.15, 0.2) is 0 Å². The summed E-state index contributed by atoms with van der Waals surface area (Å²) in [5.74, 6) is 0. The Morgan fingerprint density at radius 1 is 1.33 bits per heavy atom. The highest BCUT2D eigenvalue weighted by molar-refractivity contribution is 7.07. The Hall–Kier alpha value is -1.23.